The first kappa shape index (κ1) is 5.83. The first-order valence-electron chi connectivity index (χ1n) is 3.69. The van der Waals surface area contributed by atoms with Crippen molar-refractivity contribution in [1.82, 2.24) is 0 Å². The molecule has 1 aliphatic carbocycles. The molecule has 2 nitrogen and oxygen atoms in total. The zero-order valence-corrected chi connectivity index (χ0v) is 5.76. The molecular formula is C8H9NO. The molecule has 2 heteroatoms. The minimum Gasteiger partial charge on any atom is -0.267 e. The summed E-state index contributed by atoms with van der Waals surface area (Å²) in [7, 11) is 0. The summed E-state index contributed by atoms with van der Waals surface area (Å²) in [5, 5.41) is 0. The van der Waals surface area contributed by atoms with Crippen LogP contribution >= 0.6 is 0 Å². The highest BCUT2D eigenvalue weighted by atomic mass is 16.1. The number of amides is 1. The third kappa shape index (κ3) is 0.801. The van der Waals surface area contributed by atoms with E-state index in [1.54, 1.807) is 6.08 Å². The first-order chi connectivity index (χ1) is 4.86. The minimum atomic E-state index is -0.0492. The lowest BCUT2D eigenvalue weighted by Gasteiger charge is -2.11. The summed E-state index contributed by atoms with van der Waals surface area (Å²) in [6, 6.07) is 0. The van der Waals surface area contributed by atoms with Crippen molar-refractivity contribution >= 4 is 11.6 Å². The summed E-state index contributed by atoms with van der Waals surface area (Å²) in [6.07, 6.45) is 6.16. The number of rotatable bonds is 0. The maximum absolute atomic E-state index is 10.7. The van der Waals surface area contributed by atoms with Crippen molar-refractivity contribution in [3.05, 3.63) is 11.6 Å². The van der Waals surface area contributed by atoms with Gasteiger partial charge >= 0.3 is 0 Å². The van der Waals surface area contributed by atoms with Crippen LogP contribution in [0.5, 0.6) is 0 Å². The van der Waals surface area contributed by atoms with Crippen LogP contribution in [0.4, 0.5) is 0 Å². The van der Waals surface area contributed by atoms with Crippen LogP contribution in [0.3, 0.4) is 0 Å². The van der Waals surface area contributed by atoms with Crippen LogP contribution in [-0.2, 0) is 4.79 Å². The van der Waals surface area contributed by atoms with E-state index < -0.39 is 0 Å². The molecule has 1 fully saturated rings. The van der Waals surface area contributed by atoms with E-state index >= 15 is 0 Å². The van der Waals surface area contributed by atoms with E-state index in [4.69, 9.17) is 0 Å². The Labute approximate surface area is 59.6 Å². The average molecular weight is 135 g/mol. The molecule has 1 heterocycles. The predicted molar refractivity (Wildman–Crippen MR) is 39.0 cm³/mol. The number of carbonyl (C=O) groups excluding carboxylic acids is 1. The van der Waals surface area contributed by atoms with Crippen LogP contribution < -0.4 is 0 Å². The van der Waals surface area contributed by atoms with Crippen molar-refractivity contribution in [2.45, 2.75) is 25.7 Å². The minimum absolute atomic E-state index is 0.0492. The normalized spacial score (nSPS) is 23.8. The molecule has 1 amide bonds. The Hall–Kier alpha value is -0.920. The van der Waals surface area contributed by atoms with E-state index in [1.165, 1.54) is 18.4 Å². The van der Waals surface area contributed by atoms with Crippen molar-refractivity contribution in [2.75, 3.05) is 0 Å². The molecule has 0 atom stereocenters. The van der Waals surface area contributed by atoms with Gasteiger partial charge in [0.25, 0.3) is 5.91 Å². The fourth-order valence-corrected chi connectivity index (χ4v) is 1.51. The highest BCUT2D eigenvalue weighted by molar-refractivity contribution is 6.16. The molecule has 2 rings (SSSR count). The van der Waals surface area contributed by atoms with Gasteiger partial charge in [0.1, 0.15) is 0 Å². The maximum Gasteiger partial charge on any atom is 0.270 e. The van der Waals surface area contributed by atoms with Gasteiger partial charge in [-0.15, -0.1) is 0 Å². The van der Waals surface area contributed by atoms with Crippen LogP contribution in [0.15, 0.2) is 16.6 Å². The molecule has 0 aromatic heterocycles. The van der Waals surface area contributed by atoms with Gasteiger partial charge in [-0.3, -0.25) is 4.79 Å². The molecule has 0 spiro atoms. The molecule has 0 bridgehead atoms. The fraction of sp³-hybridized carbons (Fsp3) is 0.500. The smallest absolute Gasteiger partial charge is 0.267 e. The monoisotopic (exact) mass is 135 g/mol. The Bertz CT molecular complexity index is 214. The SMILES string of the molecule is O=C1C=C2CCCCC2=N1. The molecule has 2 aliphatic rings. The van der Waals surface area contributed by atoms with Crippen LogP contribution in [0.2, 0.25) is 0 Å². The molecule has 0 N–H and O–H groups in total. The summed E-state index contributed by atoms with van der Waals surface area (Å²) in [6.45, 7) is 0. The van der Waals surface area contributed by atoms with E-state index in [1.807, 2.05) is 0 Å². The molecule has 0 unspecified atom stereocenters. The zero-order chi connectivity index (χ0) is 6.97. The lowest BCUT2D eigenvalue weighted by Crippen LogP contribution is -2.05. The van der Waals surface area contributed by atoms with Crippen LogP contribution in [-0.4, -0.2) is 11.6 Å². The number of carbonyl (C=O) groups is 1. The Kier molecular flexibility index (Phi) is 1.19. The second-order valence-corrected chi connectivity index (χ2v) is 2.77. The molecule has 0 radical (unpaired) electrons. The van der Waals surface area contributed by atoms with Crippen LogP contribution in [0.25, 0.3) is 0 Å². The lowest BCUT2D eigenvalue weighted by molar-refractivity contribution is -0.113. The van der Waals surface area contributed by atoms with E-state index in [-0.39, 0.29) is 5.91 Å². The van der Waals surface area contributed by atoms with E-state index in [9.17, 15) is 4.79 Å². The molecule has 0 aromatic carbocycles. The van der Waals surface area contributed by atoms with Gasteiger partial charge in [0.05, 0.1) is 0 Å². The zero-order valence-electron chi connectivity index (χ0n) is 5.76. The third-order valence-electron chi connectivity index (χ3n) is 2.02. The molecule has 0 aromatic rings. The number of hydrogen-bond donors (Lipinski definition) is 0. The highest BCUT2D eigenvalue weighted by Crippen LogP contribution is 2.24. The number of aliphatic imine (C=N–C) groups is 1. The van der Waals surface area contributed by atoms with Gasteiger partial charge in [0.2, 0.25) is 0 Å². The third-order valence-corrected chi connectivity index (χ3v) is 2.02. The Morgan fingerprint density at radius 1 is 1.30 bits per heavy atom. The summed E-state index contributed by atoms with van der Waals surface area (Å²) in [4.78, 5) is 14.6. The predicted octanol–water partition coefficient (Wildman–Crippen LogP) is 1.47. The summed E-state index contributed by atoms with van der Waals surface area (Å²) >= 11 is 0. The van der Waals surface area contributed by atoms with Gasteiger partial charge in [-0.05, 0) is 31.3 Å². The second-order valence-electron chi connectivity index (χ2n) is 2.77. The Morgan fingerprint density at radius 2 is 2.10 bits per heavy atom. The molecular weight excluding hydrogens is 126 g/mol. The van der Waals surface area contributed by atoms with Gasteiger partial charge in [0.15, 0.2) is 0 Å². The van der Waals surface area contributed by atoms with Crippen molar-refractivity contribution in [1.29, 1.82) is 0 Å². The van der Waals surface area contributed by atoms with Crippen molar-refractivity contribution < 1.29 is 4.79 Å². The van der Waals surface area contributed by atoms with Crippen molar-refractivity contribution in [3.63, 3.8) is 0 Å². The van der Waals surface area contributed by atoms with Gasteiger partial charge in [0, 0.05) is 11.8 Å². The molecule has 1 aliphatic heterocycles. The number of fused-ring (bicyclic) bond motifs is 1. The lowest BCUT2D eigenvalue weighted by atomic mass is 9.94. The highest BCUT2D eigenvalue weighted by Gasteiger charge is 2.19. The molecule has 52 valence electrons. The maximum atomic E-state index is 10.7. The van der Waals surface area contributed by atoms with E-state index in [0.29, 0.717) is 0 Å². The van der Waals surface area contributed by atoms with Crippen LogP contribution in [0, 0.1) is 0 Å². The van der Waals surface area contributed by atoms with Gasteiger partial charge in [-0.1, -0.05) is 0 Å². The van der Waals surface area contributed by atoms with Gasteiger partial charge in [-0.25, -0.2) is 4.99 Å². The number of hydrogen-bond acceptors (Lipinski definition) is 1. The Balaban J connectivity index is 2.32. The van der Waals surface area contributed by atoms with Gasteiger partial charge < -0.3 is 0 Å². The first-order valence-corrected chi connectivity index (χ1v) is 3.69. The fourth-order valence-electron chi connectivity index (χ4n) is 1.51. The molecule has 1 saturated carbocycles. The van der Waals surface area contributed by atoms with Gasteiger partial charge in [-0.2, -0.15) is 0 Å². The van der Waals surface area contributed by atoms with E-state index in [0.717, 1.165) is 18.6 Å². The van der Waals surface area contributed by atoms with Crippen LogP contribution in [0.1, 0.15) is 25.7 Å². The summed E-state index contributed by atoms with van der Waals surface area (Å²) in [5.74, 6) is -0.0492. The van der Waals surface area contributed by atoms with E-state index in [2.05, 4.69) is 4.99 Å². The molecule has 0 saturated heterocycles. The summed E-state index contributed by atoms with van der Waals surface area (Å²) in [5.41, 5.74) is 2.24. The van der Waals surface area contributed by atoms with Crippen molar-refractivity contribution in [3.8, 4) is 0 Å². The van der Waals surface area contributed by atoms with Crippen molar-refractivity contribution in [2.24, 2.45) is 4.99 Å². The topological polar surface area (TPSA) is 29.4 Å². The standard InChI is InChI=1S/C8H9NO/c10-8-5-6-3-1-2-4-7(6)9-8/h5H,1-4H2. The quantitative estimate of drug-likeness (QED) is 0.494. The second kappa shape index (κ2) is 2.04. The Morgan fingerprint density at radius 3 is 2.90 bits per heavy atom. The number of allylic oxidation sites excluding steroid dienone is 1. The summed E-state index contributed by atoms with van der Waals surface area (Å²) < 4.78 is 0. The molecule has 10 heavy (non-hydrogen) atoms. The largest absolute Gasteiger partial charge is 0.270 e. The number of nitrogens with zero attached hydrogens (tertiary/aromatic N) is 1. The average Bonchev–Trinajstić information content (AvgIpc) is 2.27.